The van der Waals surface area contributed by atoms with Gasteiger partial charge in [0.25, 0.3) is 0 Å². The molecule has 1 rings (SSSR count). The lowest BCUT2D eigenvalue weighted by Gasteiger charge is -2.26. The molecule has 0 saturated carbocycles. The number of nitrogens with zero attached hydrogens (tertiary/aromatic N) is 2. The summed E-state index contributed by atoms with van der Waals surface area (Å²) >= 11 is 0. The van der Waals surface area contributed by atoms with Gasteiger partial charge in [0.05, 0.1) is 24.5 Å². The van der Waals surface area contributed by atoms with Crippen molar-refractivity contribution in [3.05, 3.63) is 29.8 Å². The molecule has 0 aromatic carbocycles. The van der Waals surface area contributed by atoms with Crippen molar-refractivity contribution in [3.8, 4) is 0 Å². The van der Waals surface area contributed by atoms with Gasteiger partial charge in [0.2, 0.25) is 0 Å². The van der Waals surface area contributed by atoms with Crippen LogP contribution in [0.2, 0.25) is 0 Å². The molecule has 0 aliphatic rings. The molecule has 2 atom stereocenters. The van der Waals surface area contributed by atoms with Gasteiger partial charge in [0, 0.05) is 19.7 Å². The first-order valence-corrected chi connectivity index (χ1v) is 7.12. The van der Waals surface area contributed by atoms with Crippen LogP contribution in [0.3, 0.4) is 0 Å². The highest BCUT2D eigenvalue weighted by atomic mass is 19.1. The van der Waals surface area contributed by atoms with Gasteiger partial charge < -0.3 is 15.0 Å². The van der Waals surface area contributed by atoms with Gasteiger partial charge in [-0.2, -0.15) is 0 Å². The summed E-state index contributed by atoms with van der Waals surface area (Å²) in [5, 5.41) is 3.40. The van der Waals surface area contributed by atoms with Gasteiger partial charge in [-0.3, -0.25) is 4.98 Å². The summed E-state index contributed by atoms with van der Waals surface area (Å²) in [6, 6.07) is 3.74. The first-order valence-electron chi connectivity index (χ1n) is 7.12. The second-order valence-electron chi connectivity index (χ2n) is 5.09. The zero-order valence-corrected chi connectivity index (χ0v) is 12.9. The number of ether oxygens (including phenoxy) is 1. The molecule has 114 valence electrons. The zero-order valence-electron chi connectivity index (χ0n) is 12.9. The molecule has 1 N–H and O–H groups in total. The fourth-order valence-corrected chi connectivity index (χ4v) is 2.12. The van der Waals surface area contributed by atoms with Crippen molar-refractivity contribution < 1.29 is 9.13 Å². The quantitative estimate of drug-likeness (QED) is 0.754. The number of nitrogens with one attached hydrogen (secondary N) is 1. The van der Waals surface area contributed by atoms with Crippen molar-refractivity contribution in [1.82, 2.24) is 15.2 Å². The van der Waals surface area contributed by atoms with Gasteiger partial charge in [-0.1, -0.05) is 6.92 Å². The van der Waals surface area contributed by atoms with Gasteiger partial charge >= 0.3 is 0 Å². The molecule has 1 heterocycles. The van der Waals surface area contributed by atoms with E-state index in [4.69, 9.17) is 4.74 Å². The third kappa shape index (κ3) is 5.53. The van der Waals surface area contributed by atoms with E-state index in [0.717, 1.165) is 31.8 Å². The van der Waals surface area contributed by atoms with Crippen LogP contribution in [0.1, 0.15) is 32.0 Å². The van der Waals surface area contributed by atoms with Gasteiger partial charge in [0.15, 0.2) is 0 Å². The Labute approximate surface area is 121 Å². The number of likely N-dealkylation sites (N-methyl/N-ethyl adjacent to an activating group) is 1. The van der Waals surface area contributed by atoms with Gasteiger partial charge in [-0.25, -0.2) is 4.39 Å². The van der Waals surface area contributed by atoms with E-state index in [-0.39, 0.29) is 11.9 Å². The Morgan fingerprint density at radius 1 is 1.45 bits per heavy atom. The lowest BCUT2D eigenvalue weighted by molar-refractivity contribution is 0.113. The minimum absolute atomic E-state index is 0.151. The van der Waals surface area contributed by atoms with Crippen molar-refractivity contribution >= 4 is 0 Å². The van der Waals surface area contributed by atoms with E-state index >= 15 is 0 Å². The third-order valence-corrected chi connectivity index (χ3v) is 3.49. The number of pyridine rings is 1. The normalized spacial score (nSPS) is 14.5. The summed E-state index contributed by atoms with van der Waals surface area (Å²) in [4.78, 5) is 6.44. The first-order chi connectivity index (χ1) is 9.58. The standard InChI is InChI=1S/C15H26FN3O/c1-5-17-15(14-7-6-13(16)10-18-14)8-9-19(3)12(2)11-20-4/h6-7,10,12,15,17H,5,8-9,11H2,1-4H3. The second-order valence-corrected chi connectivity index (χ2v) is 5.09. The van der Waals surface area contributed by atoms with E-state index in [1.807, 2.05) is 0 Å². The topological polar surface area (TPSA) is 37.4 Å². The second kappa shape index (κ2) is 9.00. The van der Waals surface area contributed by atoms with E-state index in [9.17, 15) is 4.39 Å². The number of halogens is 1. The number of hydrogen-bond acceptors (Lipinski definition) is 4. The summed E-state index contributed by atoms with van der Waals surface area (Å²) in [7, 11) is 3.80. The first kappa shape index (κ1) is 17.0. The van der Waals surface area contributed by atoms with Crippen LogP contribution < -0.4 is 5.32 Å². The van der Waals surface area contributed by atoms with Crippen molar-refractivity contribution in [1.29, 1.82) is 0 Å². The van der Waals surface area contributed by atoms with Crippen LogP contribution in [0.15, 0.2) is 18.3 Å². The SMILES string of the molecule is CCNC(CCN(C)C(C)COC)c1ccc(F)cn1. The molecule has 0 spiro atoms. The number of rotatable bonds is 9. The highest BCUT2D eigenvalue weighted by molar-refractivity contribution is 5.10. The molecule has 0 saturated heterocycles. The van der Waals surface area contributed by atoms with Crippen molar-refractivity contribution in [2.24, 2.45) is 0 Å². The Kier molecular flexibility index (Phi) is 7.65. The van der Waals surface area contributed by atoms with Crippen molar-refractivity contribution in [3.63, 3.8) is 0 Å². The van der Waals surface area contributed by atoms with Crippen LogP contribution in [0, 0.1) is 5.82 Å². The number of aromatic nitrogens is 1. The summed E-state index contributed by atoms with van der Waals surface area (Å²) < 4.78 is 18.1. The smallest absolute Gasteiger partial charge is 0.141 e. The molecule has 0 bridgehead atoms. The fraction of sp³-hybridized carbons (Fsp3) is 0.667. The number of methoxy groups -OCH3 is 1. The molecule has 0 aliphatic carbocycles. The predicted molar refractivity (Wildman–Crippen MR) is 79.2 cm³/mol. The molecule has 1 aromatic heterocycles. The molecule has 20 heavy (non-hydrogen) atoms. The molecule has 0 radical (unpaired) electrons. The Morgan fingerprint density at radius 2 is 2.20 bits per heavy atom. The molecule has 0 aliphatic heterocycles. The maximum Gasteiger partial charge on any atom is 0.141 e. The maximum absolute atomic E-state index is 12.9. The van der Waals surface area contributed by atoms with Crippen LogP contribution in [0.4, 0.5) is 4.39 Å². The Morgan fingerprint density at radius 3 is 2.75 bits per heavy atom. The van der Waals surface area contributed by atoms with Crippen LogP contribution in [0.5, 0.6) is 0 Å². The molecule has 2 unspecified atom stereocenters. The molecule has 1 aromatic rings. The minimum atomic E-state index is -0.296. The number of hydrogen-bond donors (Lipinski definition) is 1. The summed E-state index contributed by atoms with van der Waals surface area (Å²) in [5.41, 5.74) is 0.890. The van der Waals surface area contributed by atoms with Crippen molar-refractivity contribution in [2.45, 2.75) is 32.4 Å². The maximum atomic E-state index is 12.9. The van der Waals surface area contributed by atoms with E-state index in [1.54, 1.807) is 13.2 Å². The Bertz CT molecular complexity index is 372. The van der Waals surface area contributed by atoms with Crippen LogP contribution >= 0.6 is 0 Å². The monoisotopic (exact) mass is 283 g/mol. The van der Waals surface area contributed by atoms with E-state index in [2.05, 4.69) is 36.1 Å². The summed E-state index contributed by atoms with van der Waals surface area (Å²) in [6.07, 6.45) is 2.20. The summed E-state index contributed by atoms with van der Waals surface area (Å²) in [6.45, 7) is 6.72. The highest BCUT2D eigenvalue weighted by Gasteiger charge is 2.15. The van der Waals surface area contributed by atoms with Crippen LogP contribution in [0.25, 0.3) is 0 Å². The van der Waals surface area contributed by atoms with E-state index in [1.165, 1.54) is 12.3 Å². The molecule has 5 heteroatoms. The average molecular weight is 283 g/mol. The van der Waals surface area contributed by atoms with Crippen LogP contribution in [-0.4, -0.2) is 49.8 Å². The van der Waals surface area contributed by atoms with Gasteiger partial charge in [-0.15, -0.1) is 0 Å². The van der Waals surface area contributed by atoms with Crippen LogP contribution in [-0.2, 0) is 4.74 Å². The average Bonchev–Trinajstić information content (AvgIpc) is 2.44. The zero-order chi connectivity index (χ0) is 15.0. The third-order valence-electron chi connectivity index (χ3n) is 3.49. The summed E-state index contributed by atoms with van der Waals surface area (Å²) in [5.74, 6) is -0.296. The molecule has 0 fully saturated rings. The van der Waals surface area contributed by atoms with E-state index in [0.29, 0.717) is 6.04 Å². The molecule has 0 amide bonds. The van der Waals surface area contributed by atoms with Gasteiger partial charge in [0.1, 0.15) is 5.82 Å². The lowest BCUT2D eigenvalue weighted by Crippen LogP contribution is -2.35. The fourth-order valence-electron chi connectivity index (χ4n) is 2.12. The Balaban J connectivity index is 2.57. The predicted octanol–water partition coefficient (Wildman–Crippen LogP) is 2.23. The molecule has 4 nitrogen and oxygen atoms in total. The van der Waals surface area contributed by atoms with E-state index < -0.39 is 0 Å². The molecular weight excluding hydrogens is 257 g/mol. The largest absolute Gasteiger partial charge is 0.383 e. The highest BCUT2D eigenvalue weighted by Crippen LogP contribution is 2.15. The van der Waals surface area contributed by atoms with Gasteiger partial charge in [-0.05, 0) is 39.1 Å². The van der Waals surface area contributed by atoms with Crippen molar-refractivity contribution in [2.75, 3.05) is 33.9 Å². The Hall–Kier alpha value is -1.04. The molecular formula is C15H26FN3O. The lowest BCUT2D eigenvalue weighted by atomic mass is 10.1. The minimum Gasteiger partial charge on any atom is -0.383 e.